The fourth-order valence-electron chi connectivity index (χ4n) is 3.93. The number of rotatable bonds is 6. The summed E-state index contributed by atoms with van der Waals surface area (Å²) in [5, 5.41) is 3.22. The zero-order chi connectivity index (χ0) is 16.6. The van der Waals surface area contributed by atoms with E-state index < -0.39 is 0 Å². The molecule has 0 aliphatic heterocycles. The van der Waals surface area contributed by atoms with Gasteiger partial charge in [0.2, 0.25) is 5.91 Å². The van der Waals surface area contributed by atoms with E-state index in [0.717, 1.165) is 38.0 Å². The molecule has 0 atom stereocenters. The lowest BCUT2D eigenvalue weighted by Gasteiger charge is -2.29. The number of carbonyl (C=O) groups is 1. The summed E-state index contributed by atoms with van der Waals surface area (Å²) in [4.78, 5) is 20.4. The highest BCUT2D eigenvalue weighted by atomic mass is 16.5. The minimum absolute atomic E-state index is 0.169. The van der Waals surface area contributed by atoms with Crippen molar-refractivity contribution in [2.24, 2.45) is 5.92 Å². The van der Waals surface area contributed by atoms with E-state index in [0.29, 0.717) is 18.5 Å². The van der Waals surface area contributed by atoms with E-state index in [1.165, 1.54) is 32.1 Å². The summed E-state index contributed by atoms with van der Waals surface area (Å²) in [5.74, 6) is 1.01. The summed E-state index contributed by atoms with van der Waals surface area (Å²) in [6, 6.07) is 2.55. The Morgan fingerprint density at radius 1 is 1.04 bits per heavy atom. The zero-order valence-electron chi connectivity index (χ0n) is 14.5. The van der Waals surface area contributed by atoms with Crippen molar-refractivity contribution in [2.75, 3.05) is 0 Å². The normalized spacial score (nSPS) is 25.2. The lowest BCUT2D eigenvalue weighted by atomic mass is 9.86. The third-order valence-corrected chi connectivity index (χ3v) is 5.36. The van der Waals surface area contributed by atoms with Crippen LogP contribution in [-0.2, 0) is 4.79 Å². The van der Waals surface area contributed by atoms with E-state index in [1.807, 2.05) is 0 Å². The fraction of sp³-hybridized carbons (Fsp3) is 0.737. The minimum Gasteiger partial charge on any atom is -0.460 e. The minimum atomic E-state index is 0.169. The fourth-order valence-corrected chi connectivity index (χ4v) is 3.93. The first-order valence-corrected chi connectivity index (χ1v) is 9.52. The first-order chi connectivity index (χ1) is 11.8. The van der Waals surface area contributed by atoms with E-state index in [2.05, 4.69) is 15.3 Å². The Bertz CT molecular complexity index is 495. The summed E-state index contributed by atoms with van der Waals surface area (Å²) in [5.41, 5.74) is 0. The molecule has 5 heteroatoms. The van der Waals surface area contributed by atoms with Crippen LogP contribution in [0.1, 0.15) is 70.6 Å². The molecule has 5 nitrogen and oxygen atoms in total. The highest BCUT2D eigenvalue weighted by molar-refractivity contribution is 5.76. The van der Waals surface area contributed by atoms with Crippen LogP contribution in [-0.4, -0.2) is 28.0 Å². The Morgan fingerprint density at radius 2 is 1.75 bits per heavy atom. The van der Waals surface area contributed by atoms with Gasteiger partial charge in [-0.15, -0.1) is 0 Å². The molecule has 2 aliphatic carbocycles. The molecule has 24 heavy (non-hydrogen) atoms. The lowest BCUT2D eigenvalue weighted by molar-refractivity contribution is -0.122. The van der Waals surface area contributed by atoms with Gasteiger partial charge in [-0.05, 0) is 44.1 Å². The van der Waals surface area contributed by atoms with Gasteiger partial charge in [0.15, 0.2) is 0 Å². The topological polar surface area (TPSA) is 64.1 Å². The molecule has 2 fully saturated rings. The van der Waals surface area contributed by atoms with E-state index in [1.54, 1.807) is 18.5 Å². The molecule has 1 heterocycles. The summed E-state index contributed by atoms with van der Waals surface area (Å²) < 4.78 is 5.80. The van der Waals surface area contributed by atoms with Gasteiger partial charge in [0.1, 0.15) is 6.10 Å². The molecule has 0 aromatic carbocycles. The quantitative estimate of drug-likeness (QED) is 0.864. The molecular formula is C19H29N3O2. The van der Waals surface area contributed by atoms with Crippen molar-refractivity contribution in [3.63, 3.8) is 0 Å². The number of amides is 1. The smallest absolute Gasteiger partial charge is 0.316 e. The van der Waals surface area contributed by atoms with Gasteiger partial charge in [-0.3, -0.25) is 4.79 Å². The summed E-state index contributed by atoms with van der Waals surface area (Å²) in [6.07, 6.45) is 15.9. The second-order valence-corrected chi connectivity index (χ2v) is 7.23. The first kappa shape index (κ1) is 17.2. The van der Waals surface area contributed by atoms with Gasteiger partial charge in [-0.2, -0.15) is 0 Å². The third-order valence-electron chi connectivity index (χ3n) is 5.36. The van der Waals surface area contributed by atoms with Gasteiger partial charge >= 0.3 is 6.01 Å². The van der Waals surface area contributed by atoms with Crippen molar-refractivity contribution in [1.29, 1.82) is 0 Å². The molecular weight excluding hydrogens is 302 g/mol. The summed E-state index contributed by atoms with van der Waals surface area (Å²) >= 11 is 0. The Hall–Kier alpha value is -1.65. The molecule has 0 spiro atoms. The molecule has 1 aromatic heterocycles. The van der Waals surface area contributed by atoms with Crippen LogP contribution in [0.4, 0.5) is 0 Å². The molecule has 0 bridgehead atoms. The van der Waals surface area contributed by atoms with Crippen LogP contribution in [0.3, 0.4) is 0 Å². The largest absolute Gasteiger partial charge is 0.460 e. The summed E-state index contributed by atoms with van der Waals surface area (Å²) in [6.45, 7) is 0. The van der Waals surface area contributed by atoms with Crippen LogP contribution < -0.4 is 10.1 Å². The molecule has 1 aromatic rings. The Kier molecular flexibility index (Phi) is 6.44. The van der Waals surface area contributed by atoms with E-state index in [-0.39, 0.29) is 12.0 Å². The maximum Gasteiger partial charge on any atom is 0.316 e. The number of aromatic nitrogens is 2. The van der Waals surface area contributed by atoms with Gasteiger partial charge in [-0.1, -0.05) is 32.1 Å². The van der Waals surface area contributed by atoms with Gasteiger partial charge in [0.05, 0.1) is 0 Å². The van der Waals surface area contributed by atoms with Crippen LogP contribution in [0, 0.1) is 5.92 Å². The molecule has 2 saturated carbocycles. The predicted molar refractivity (Wildman–Crippen MR) is 92.7 cm³/mol. The molecule has 1 amide bonds. The van der Waals surface area contributed by atoms with Crippen molar-refractivity contribution in [3.8, 4) is 6.01 Å². The van der Waals surface area contributed by atoms with Crippen LogP contribution >= 0.6 is 0 Å². The molecule has 1 N–H and O–H groups in total. The van der Waals surface area contributed by atoms with Gasteiger partial charge < -0.3 is 10.1 Å². The molecule has 2 aliphatic rings. The summed E-state index contributed by atoms with van der Waals surface area (Å²) in [7, 11) is 0. The number of hydrogen-bond acceptors (Lipinski definition) is 4. The Balaban J connectivity index is 1.32. The monoisotopic (exact) mass is 331 g/mol. The van der Waals surface area contributed by atoms with Gasteiger partial charge in [0, 0.05) is 24.9 Å². The lowest BCUT2D eigenvalue weighted by Crippen LogP contribution is -2.39. The molecule has 0 radical (unpaired) electrons. The third kappa shape index (κ3) is 5.46. The molecule has 3 rings (SSSR count). The van der Waals surface area contributed by atoms with Crippen LogP contribution in [0.5, 0.6) is 6.01 Å². The number of nitrogens with one attached hydrogen (secondary N) is 1. The second-order valence-electron chi connectivity index (χ2n) is 7.23. The maximum absolute atomic E-state index is 12.2. The molecule has 0 unspecified atom stereocenters. The SMILES string of the molecule is O=C(CCC1CCCCC1)NC1CCC(Oc2ncccn2)CC1. The molecule has 0 saturated heterocycles. The van der Waals surface area contributed by atoms with Crippen LogP contribution in [0.15, 0.2) is 18.5 Å². The van der Waals surface area contributed by atoms with Crippen LogP contribution in [0.2, 0.25) is 0 Å². The average Bonchev–Trinajstić information content (AvgIpc) is 2.63. The standard InChI is InChI=1S/C19H29N3O2/c23-18(12-7-15-5-2-1-3-6-15)22-16-8-10-17(11-9-16)24-19-20-13-4-14-21-19/h4,13-17H,1-3,5-12H2,(H,22,23). The van der Waals surface area contributed by atoms with E-state index in [9.17, 15) is 4.79 Å². The van der Waals surface area contributed by atoms with Crippen molar-refractivity contribution in [2.45, 2.75) is 82.8 Å². The van der Waals surface area contributed by atoms with Crippen molar-refractivity contribution in [1.82, 2.24) is 15.3 Å². The zero-order valence-corrected chi connectivity index (χ0v) is 14.5. The van der Waals surface area contributed by atoms with Crippen LogP contribution in [0.25, 0.3) is 0 Å². The van der Waals surface area contributed by atoms with Crippen molar-refractivity contribution >= 4 is 5.91 Å². The Morgan fingerprint density at radius 3 is 2.46 bits per heavy atom. The van der Waals surface area contributed by atoms with Gasteiger partial charge in [0.25, 0.3) is 0 Å². The van der Waals surface area contributed by atoms with E-state index >= 15 is 0 Å². The van der Waals surface area contributed by atoms with Gasteiger partial charge in [-0.25, -0.2) is 9.97 Å². The number of hydrogen-bond donors (Lipinski definition) is 1. The maximum atomic E-state index is 12.2. The Labute approximate surface area is 144 Å². The number of ether oxygens (including phenoxy) is 1. The number of nitrogens with zero attached hydrogens (tertiary/aromatic N) is 2. The average molecular weight is 331 g/mol. The first-order valence-electron chi connectivity index (χ1n) is 9.52. The molecule has 132 valence electrons. The predicted octanol–water partition coefficient (Wildman–Crippen LogP) is 3.64. The highest BCUT2D eigenvalue weighted by Crippen LogP contribution is 2.27. The van der Waals surface area contributed by atoms with Crippen molar-refractivity contribution in [3.05, 3.63) is 18.5 Å². The second kappa shape index (κ2) is 9.00. The van der Waals surface area contributed by atoms with Crippen molar-refractivity contribution < 1.29 is 9.53 Å². The van der Waals surface area contributed by atoms with E-state index in [4.69, 9.17) is 4.74 Å². The number of carbonyl (C=O) groups excluding carboxylic acids is 1. The highest BCUT2D eigenvalue weighted by Gasteiger charge is 2.24.